The van der Waals surface area contributed by atoms with E-state index in [0.29, 0.717) is 6.01 Å². The van der Waals surface area contributed by atoms with Crippen LogP contribution in [0.4, 0.5) is 6.01 Å². The van der Waals surface area contributed by atoms with E-state index < -0.39 is 0 Å². The summed E-state index contributed by atoms with van der Waals surface area (Å²) in [6, 6.07) is 0.500. The molecule has 1 unspecified atom stereocenters. The van der Waals surface area contributed by atoms with Crippen molar-refractivity contribution in [2.24, 2.45) is 0 Å². The van der Waals surface area contributed by atoms with E-state index in [1.54, 1.807) is 0 Å². The zero-order chi connectivity index (χ0) is 9.80. The molecule has 1 aromatic rings. The summed E-state index contributed by atoms with van der Waals surface area (Å²) in [5.74, 6) is 0.729. The molecule has 0 amide bonds. The van der Waals surface area contributed by atoms with Crippen molar-refractivity contribution >= 4 is 6.01 Å². The van der Waals surface area contributed by atoms with Gasteiger partial charge in [-0.2, -0.15) is 4.98 Å². The van der Waals surface area contributed by atoms with Crippen LogP contribution in [0.15, 0.2) is 4.52 Å². The Morgan fingerprint density at radius 1 is 1.57 bits per heavy atom. The Hall–Kier alpha value is -1.10. The van der Waals surface area contributed by atoms with E-state index in [0.717, 1.165) is 38.2 Å². The van der Waals surface area contributed by atoms with E-state index >= 15 is 0 Å². The minimum atomic E-state index is 0.280. The molecule has 14 heavy (non-hydrogen) atoms. The summed E-state index contributed by atoms with van der Waals surface area (Å²) in [4.78, 5) is 4.19. The number of nitrogens with zero attached hydrogens (tertiary/aromatic N) is 2. The highest BCUT2D eigenvalue weighted by atomic mass is 16.5. The van der Waals surface area contributed by atoms with Crippen molar-refractivity contribution in [3.05, 3.63) is 5.82 Å². The molecule has 2 heterocycles. The molecule has 0 radical (unpaired) electrons. The number of hydrogen-bond acceptors (Lipinski definition) is 5. The van der Waals surface area contributed by atoms with Crippen LogP contribution >= 0.6 is 0 Å². The lowest BCUT2D eigenvalue weighted by Crippen LogP contribution is -2.10. The SMILES string of the molecule is CCNc1nc(CC2CCCO2)no1. The molecule has 1 aromatic heterocycles. The van der Waals surface area contributed by atoms with Crippen molar-refractivity contribution in [3.63, 3.8) is 0 Å². The number of ether oxygens (including phenoxy) is 1. The standard InChI is InChI=1S/C9H15N3O2/c1-2-10-9-11-8(12-14-9)6-7-4-3-5-13-7/h7H,2-6H2,1H3,(H,10,11,12). The highest BCUT2D eigenvalue weighted by molar-refractivity contribution is 5.17. The van der Waals surface area contributed by atoms with Gasteiger partial charge in [0.25, 0.3) is 0 Å². The summed E-state index contributed by atoms with van der Waals surface area (Å²) in [6.45, 7) is 3.65. The van der Waals surface area contributed by atoms with Gasteiger partial charge < -0.3 is 14.6 Å². The Kier molecular flexibility index (Phi) is 2.98. The zero-order valence-corrected chi connectivity index (χ0v) is 8.32. The summed E-state index contributed by atoms with van der Waals surface area (Å²) in [6.07, 6.45) is 3.28. The van der Waals surface area contributed by atoms with Gasteiger partial charge >= 0.3 is 6.01 Å². The van der Waals surface area contributed by atoms with Gasteiger partial charge in [0.05, 0.1) is 6.10 Å². The first-order valence-corrected chi connectivity index (χ1v) is 5.06. The molecule has 1 saturated heterocycles. The smallest absolute Gasteiger partial charge is 0.321 e. The topological polar surface area (TPSA) is 60.2 Å². The average molecular weight is 197 g/mol. The van der Waals surface area contributed by atoms with Crippen LogP contribution in [0, 0.1) is 0 Å². The van der Waals surface area contributed by atoms with Crippen molar-refractivity contribution in [3.8, 4) is 0 Å². The first-order chi connectivity index (χ1) is 6.88. The van der Waals surface area contributed by atoms with E-state index in [1.807, 2.05) is 6.92 Å². The molecule has 0 bridgehead atoms. The van der Waals surface area contributed by atoms with E-state index in [1.165, 1.54) is 0 Å². The largest absolute Gasteiger partial charge is 0.378 e. The normalized spacial score (nSPS) is 21.4. The lowest BCUT2D eigenvalue weighted by molar-refractivity contribution is 0.109. The first kappa shape index (κ1) is 9.45. The highest BCUT2D eigenvalue weighted by Crippen LogP contribution is 2.16. The van der Waals surface area contributed by atoms with Gasteiger partial charge in [0.1, 0.15) is 0 Å². The zero-order valence-electron chi connectivity index (χ0n) is 8.32. The van der Waals surface area contributed by atoms with Crippen molar-refractivity contribution < 1.29 is 9.26 Å². The minimum Gasteiger partial charge on any atom is -0.378 e. The third kappa shape index (κ3) is 2.23. The number of rotatable bonds is 4. The third-order valence-corrected chi connectivity index (χ3v) is 2.23. The molecule has 0 aromatic carbocycles. The Morgan fingerprint density at radius 2 is 2.50 bits per heavy atom. The Bertz CT molecular complexity index is 281. The molecule has 0 saturated carbocycles. The molecular weight excluding hydrogens is 182 g/mol. The molecule has 2 rings (SSSR count). The van der Waals surface area contributed by atoms with Gasteiger partial charge in [-0.3, -0.25) is 0 Å². The Morgan fingerprint density at radius 3 is 3.21 bits per heavy atom. The molecule has 5 nitrogen and oxygen atoms in total. The number of aromatic nitrogens is 2. The quantitative estimate of drug-likeness (QED) is 0.786. The van der Waals surface area contributed by atoms with Crippen molar-refractivity contribution in [2.45, 2.75) is 32.3 Å². The second-order valence-electron chi connectivity index (χ2n) is 3.39. The molecule has 1 atom stereocenters. The maximum absolute atomic E-state index is 5.48. The fraction of sp³-hybridized carbons (Fsp3) is 0.778. The Balaban J connectivity index is 1.88. The van der Waals surface area contributed by atoms with Gasteiger partial charge in [0.2, 0.25) is 0 Å². The van der Waals surface area contributed by atoms with Crippen LogP contribution in [0.1, 0.15) is 25.6 Å². The van der Waals surface area contributed by atoms with Gasteiger partial charge in [0.15, 0.2) is 5.82 Å². The van der Waals surface area contributed by atoms with Crippen LogP contribution in [0.3, 0.4) is 0 Å². The van der Waals surface area contributed by atoms with Gasteiger partial charge in [0, 0.05) is 19.6 Å². The molecule has 1 aliphatic rings. The van der Waals surface area contributed by atoms with E-state index in [9.17, 15) is 0 Å². The van der Waals surface area contributed by atoms with E-state index in [4.69, 9.17) is 9.26 Å². The highest BCUT2D eigenvalue weighted by Gasteiger charge is 2.18. The maximum Gasteiger partial charge on any atom is 0.321 e. The molecule has 0 aliphatic carbocycles. The minimum absolute atomic E-state index is 0.280. The predicted octanol–water partition coefficient (Wildman–Crippen LogP) is 1.22. The summed E-state index contributed by atoms with van der Waals surface area (Å²) in [5, 5.41) is 6.84. The summed E-state index contributed by atoms with van der Waals surface area (Å²) < 4.78 is 10.5. The van der Waals surface area contributed by atoms with Crippen LogP contribution < -0.4 is 5.32 Å². The molecule has 1 N–H and O–H groups in total. The van der Waals surface area contributed by atoms with Crippen LogP contribution in [-0.2, 0) is 11.2 Å². The Labute approximate surface area is 82.8 Å². The van der Waals surface area contributed by atoms with E-state index in [2.05, 4.69) is 15.5 Å². The maximum atomic E-state index is 5.48. The fourth-order valence-corrected chi connectivity index (χ4v) is 1.57. The molecule has 0 spiro atoms. The van der Waals surface area contributed by atoms with E-state index in [-0.39, 0.29) is 6.10 Å². The lowest BCUT2D eigenvalue weighted by Gasteiger charge is -2.03. The summed E-state index contributed by atoms with van der Waals surface area (Å²) in [5.41, 5.74) is 0. The van der Waals surface area contributed by atoms with Crippen molar-refractivity contribution in [1.82, 2.24) is 10.1 Å². The predicted molar refractivity (Wildman–Crippen MR) is 51.1 cm³/mol. The number of anilines is 1. The molecule has 5 heteroatoms. The lowest BCUT2D eigenvalue weighted by atomic mass is 10.2. The van der Waals surface area contributed by atoms with Crippen molar-refractivity contribution in [1.29, 1.82) is 0 Å². The fourth-order valence-electron chi connectivity index (χ4n) is 1.57. The summed E-state index contributed by atoms with van der Waals surface area (Å²) in [7, 11) is 0. The van der Waals surface area contributed by atoms with Gasteiger partial charge in [-0.05, 0) is 19.8 Å². The van der Waals surface area contributed by atoms with Crippen LogP contribution in [0.25, 0.3) is 0 Å². The number of nitrogens with one attached hydrogen (secondary N) is 1. The molecule has 1 aliphatic heterocycles. The van der Waals surface area contributed by atoms with Gasteiger partial charge in [-0.15, -0.1) is 0 Å². The number of hydrogen-bond donors (Lipinski definition) is 1. The molecule has 1 fully saturated rings. The second kappa shape index (κ2) is 4.41. The third-order valence-electron chi connectivity index (χ3n) is 2.23. The van der Waals surface area contributed by atoms with Gasteiger partial charge in [-0.1, -0.05) is 5.16 Å². The van der Waals surface area contributed by atoms with Gasteiger partial charge in [-0.25, -0.2) is 0 Å². The molecular formula is C9H15N3O2. The monoisotopic (exact) mass is 197 g/mol. The summed E-state index contributed by atoms with van der Waals surface area (Å²) >= 11 is 0. The first-order valence-electron chi connectivity index (χ1n) is 5.06. The van der Waals surface area contributed by atoms with Crippen LogP contribution in [-0.4, -0.2) is 29.4 Å². The van der Waals surface area contributed by atoms with Crippen LogP contribution in [0.5, 0.6) is 0 Å². The average Bonchev–Trinajstić information content (AvgIpc) is 2.79. The second-order valence-corrected chi connectivity index (χ2v) is 3.39. The van der Waals surface area contributed by atoms with Crippen LogP contribution in [0.2, 0.25) is 0 Å². The molecule has 78 valence electrons. The van der Waals surface area contributed by atoms with Crippen molar-refractivity contribution in [2.75, 3.05) is 18.5 Å².